The zero-order valence-electron chi connectivity index (χ0n) is 13.1. The molecule has 0 atom stereocenters. The number of carboxylic acids is 1. The second kappa shape index (κ2) is 6.69. The average Bonchev–Trinajstić information content (AvgIpc) is 3.00. The van der Waals surface area contributed by atoms with Gasteiger partial charge in [-0.2, -0.15) is 15.0 Å². The third-order valence-electron chi connectivity index (χ3n) is 3.20. The van der Waals surface area contributed by atoms with E-state index in [4.69, 9.17) is 16.3 Å². The van der Waals surface area contributed by atoms with Crippen LogP contribution < -0.4 is 10.1 Å². The van der Waals surface area contributed by atoms with Gasteiger partial charge >= 0.3 is 5.97 Å². The van der Waals surface area contributed by atoms with Gasteiger partial charge in [-0.05, 0) is 6.07 Å². The zero-order valence-corrected chi connectivity index (χ0v) is 13.9. The number of carbonyl (C=O) groups is 1. The predicted octanol–water partition coefficient (Wildman–Crippen LogP) is 1.77. The molecule has 0 unspecified atom stereocenters. The van der Waals surface area contributed by atoms with Gasteiger partial charge in [-0.1, -0.05) is 11.6 Å². The summed E-state index contributed by atoms with van der Waals surface area (Å²) in [7, 11) is 3.16. The van der Waals surface area contributed by atoms with Crippen molar-refractivity contribution in [2.24, 2.45) is 7.05 Å². The lowest BCUT2D eigenvalue weighted by Crippen LogP contribution is -2.08. The Labute approximate surface area is 146 Å². The fraction of sp³-hybridized carbons (Fsp3) is 0.143. The molecule has 0 aliphatic rings. The van der Waals surface area contributed by atoms with Crippen molar-refractivity contribution < 1.29 is 14.6 Å². The van der Waals surface area contributed by atoms with Crippen LogP contribution >= 0.6 is 11.6 Å². The Kier molecular flexibility index (Phi) is 4.44. The maximum Gasteiger partial charge on any atom is 0.358 e. The molecule has 0 bridgehead atoms. The first-order valence-corrected chi connectivity index (χ1v) is 7.30. The Balaban J connectivity index is 2.07. The summed E-state index contributed by atoms with van der Waals surface area (Å²) in [5.41, 5.74) is 1.06. The summed E-state index contributed by atoms with van der Waals surface area (Å²) >= 11 is 5.81. The molecule has 25 heavy (non-hydrogen) atoms. The maximum absolute atomic E-state index is 11.3. The number of halogens is 1. The van der Waals surface area contributed by atoms with Crippen molar-refractivity contribution >= 4 is 29.1 Å². The Hall–Kier alpha value is -3.27. The Morgan fingerprint density at radius 2 is 2.20 bits per heavy atom. The SMILES string of the molecule is COc1c(-c2cnn(C)n2)ccnc1Nc1cc(Cl)nnc1C(=O)O. The van der Waals surface area contributed by atoms with Crippen molar-refractivity contribution in [1.29, 1.82) is 0 Å². The molecule has 11 heteroatoms. The van der Waals surface area contributed by atoms with Crippen LogP contribution in [-0.4, -0.2) is 48.4 Å². The highest BCUT2D eigenvalue weighted by Crippen LogP contribution is 2.35. The van der Waals surface area contributed by atoms with Gasteiger partial charge in [0.25, 0.3) is 0 Å². The second-order valence-corrected chi connectivity index (χ2v) is 5.21. The van der Waals surface area contributed by atoms with Gasteiger partial charge in [0.2, 0.25) is 0 Å². The van der Waals surface area contributed by atoms with E-state index in [-0.39, 0.29) is 22.4 Å². The number of nitrogens with zero attached hydrogens (tertiary/aromatic N) is 6. The number of hydrogen-bond donors (Lipinski definition) is 2. The molecule has 0 spiro atoms. The molecular formula is C14H12ClN7O3. The van der Waals surface area contributed by atoms with Crippen LogP contribution in [0.2, 0.25) is 5.15 Å². The molecule has 128 valence electrons. The topological polar surface area (TPSA) is 128 Å². The second-order valence-electron chi connectivity index (χ2n) is 4.82. The summed E-state index contributed by atoms with van der Waals surface area (Å²) in [5, 5.41) is 27.5. The van der Waals surface area contributed by atoms with Gasteiger partial charge in [-0.3, -0.25) is 0 Å². The van der Waals surface area contributed by atoms with Crippen molar-refractivity contribution in [1.82, 2.24) is 30.2 Å². The fourth-order valence-electron chi connectivity index (χ4n) is 2.16. The highest BCUT2D eigenvalue weighted by atomic mass is 35.5. The molecule has 3 aromatic rings. The van der Waals surface area contributed by atoms with Gasteiger partial charge in [-0.15, -0.1) is 10.2 Å². The molecule has 0 radical (unpaired) electrons. The highest BCUT2D eigenvalue weighted by Gasteiger charge is 2.19. The van der Waals surface area contributed by atoms with Crippen LogP contribution in [0, 0.1) is 0 Å². The molecule has 0 aliphatic heterocycles. The normalized spacial score (nSPS) is 10.5. The molecule has 0 fully saturated rings. The molecular weight excluding hydrogens is 350 g/mol. The summed E-state index contributed by atoms with van der Waals surface area (Å²) in [6, 6.07) is 3.05. The molecule has 3 heterocycles. The van der Waals surface area contributed by atoms with Crippen molar-refractivity contribution in [3.63, 3.8) is 0 Å². The molecule has 3 aromatic heterocycles. The molecule has 2 N–H and O–H groups in total. The summed E-state index contributed by atoms with van der Waals surface area (Å²) < 4.78 is 5.42. The van der Waals surface area contributed by atoms with Crippen LogP contribution in [0.1, 0.15) is 10.5 Å². The number of carboxylic acid groups (broad SMARTS) is 1. The van der Waals surface area contributed by atoms with Gasteiger partial charge in [-0.25, -0.2) is 9.78 Å². The van der Waals surface area contributed by atoms with Gasteiger partial charge in [0.1, 0.15) is 5.69 Å². The number of pyridine rings is 1. The molecule has 0 amide bonds. The third kappa shape index (κ3) is 3.33. The lowest BCUT2D eigenvalue weighted by Gasteiger charge is -2.13. The number of aromatic nitrogens is 6. The molecule has 0 saturated carbocycles. The minimum absolute atomic E-state index is 0.0385. The van der Waals surface area contributed by atoms with Gasteiger partial charge in [0.15, 0.2) is 22.4 Å². The van der Waals surface area contributed by atoms with Crippen molar-refractivity contribution in [2.45, 2.75) is 0 Å². The van der Waals surface area contributed by atoms with E-state index >= 15 is 0 Å². The van der Waals surface area contributed by atoms with E-state index in [1.165, 1.54) is 24.2 Å². The number of hydrogen-bond acceptors (Lipinski definition) is 8. The van der Waals surface area contributed by atoms with Crippen molar-refractivity contribution in [3.8, 4) is 17.0 Å². The maximum atomic E-state index is 11.3. The van der Waals surface area contributed by atoms with E-state index in [2.05, 4.69) is 30.7 Å². The van der Waals surface area contributed by atoms with Gasteiger partial charge in [0, 0.05) is 19.3 Å². The largest absolute Gasteiger partial charge is 0.492 e. The van der Waals surface area contributed by atoms with Crippen LogP contribution in [0.15, 0.2) is 24.5 Å². The lowest BCUT2D eigenvalue weighted by atomic mass is 10.2. The number of rotatable bonds is 5. The third-order valence-corrected chi connectivity index (χ3v) is 3.39. The van der Waals surface area contributed by atoms with E-state index in [0.717, 1.165) is 0 Å². The number of anilines is 2. The van der Waals surface area contributed by atoms with Crippen LogP contribution in [0.4, 0.5) is 11.5 Å². The number of methoxy groups -OCH3 is 1. The first-order valence-electron chi connectivity index (χ1n) is 6.93. The predicted molar refractivity (Wildman–Crippen MR) is 88.1 cm³/mol. The van der Waals surface area contributed by atoms with E-state index in [1.807, 2.05) is 0 Å². The van der Waals surface area contributed by atoms with Crippen molar-refractivity contribution in [2.75, 3.05) is 12.4 Å². The van der Waals surface area contributed by atoms with Crippen LogP contribution in [-0.2, 0) is 7.05 Å². The first-order chi connectivity index (χ1) is 12.0. The standard InChI is InChI=1S/C14H12ClN7O3/c1-22-17-6-9(21-22)7-3-4-16-13(12(7)25-2)18-8-5-10(15)19-20-11(8)14(23)24/h3-6H,1-2H3,(H,23,24)(H,16,18,19). The quantitative estimate of drug-likeness (QED) is 0.698. The van der Waals surface area contributed by atoms with Gasteiger partial charge < -0.3 is 15.2 Å². The van der Waals surface area contributed by atoms with Crippen LogP contribution in [0.3, 0.4) is 0 Å². The molecule has 10 nitrogen and oxygen atoms in total. The zero-order chi connectivity index (χ0) is 18.0. The number of aryl methyl sites for hydroxylation is 1. The van der Waals surface area contributed by atoms with E-state index in [1.54, 1.807) is 19.3 Å². The molecule has 3 rings (SSSR count). The monoisotopic (exact) mass is 361 g/mol. The lowest BCUT2D eigenvalue weighted by molar-refractivity contribution is 0.0690. The summed E-state index contributed by atoms with van der Waals surface area (Å²) in [6.07, 6.45) is 3.11. The smallest absolute Gasteiger partial charge is 0.358 e. The Morgan fingerprint density at radius 3 is 2.84 bits per heavy atom. The number of nitrogens with one attached hydrogen (secondary N) is 1. The minimum Gasteiger partial charge on any atom is -0.492 e. The molecule has 0 aromatic carbocycles. The summed E-state index contributed by atoms with van der Waals surface area (Å²) in [5.74, 6) is -0.611. The van der Waals surface area contributed by atoms with Crippen molar-refractivity contribution in [3.05, 3.63) is 35.4 Å². The average molecular weight is 362 g/mol. The van der Waals surface area contributed by atoms with E-state index < -0.39 is 5.97 Å². The first kappa shape index (κ1) is 16.6. The van der Waals surface area contributed by atoms with E-state index in [0.29, 0.717) is 17.0 Å². The molecule has 0 saturated heterocycles. The van der Waals surface area contributed by atoms with Crippen LogP contribution in [0.25, 0.3) is 11.3 Å². The Bertz CT molecular complexity index is 944. The highest BCUT2D eigenvalue weighted by molar-refractivity contribution is 6.29. The summed E-state index contributed by atoms with van der Waals surface area (Å²) in [6.45, 7) is 0. The number of ether oxygens (including phenoxy) is 1. The number of aromatic carboxylic acids is 1. The molecule has 0 aliphatic carbocycles. The fourth-order valence-corrected chi connectivity index (χ4v) is 2.31. The minimum atomic E-state index is -1.25. The van der Waals surface area contributed by atoms with E-state index in [9.17, 15) is 9.90 Å². The summed E-state index contributed by atoms with van der Waals surface area (Å²) in [4.78, 5) is 16.9. The van der Waals surface area contributed by atoms with Crippen LogP contribution in [0.5, 0.6) is 5.75 Å². The van der Waals surface area contributed by atoms with Gasteiger partial charge in [0.05, 0.1) is 24.6 Å². The Morgan fingerprint density at radius 1 is 1.40 bits per heavy atom.